The fraction of sp³-hybridized carbons (Fsp3) is 0.316. The van der Waals surface area contributed by atoms with Crippen molar-refractivity contribution in [3.8, 4) is 0 Å². The third kappa shape index (κ3) is 6.22. The Morgan fingerprint density at radius 3 is 2.36 bits per heavy atom. The van der Waals surface area contributed by atoms with E-state index in [4.69, 9.17) is 0 Å². The monoisotopic (exact) mass is 424 g/mol. The zero-order chi connectivity index (χ0) is 20.6. The summed E-state index contributed by atoms with van der Waals surface area (Å²) in [6.07, 6.45) is 1.98. The molecule has 152 valence electrons. The molecule has 9 heteroatoms. The lowest BCUT2D eigenvalue weighted by Gasteiger charge is -2.14. The number of nitrogens with one attached hydrogen (secondary N) is 3. The Hall–Kier alpha value is -2.10. The molecule has 28 heavy (non-hydrogen) atoms. The number of hydrogen-bond donors (Lipinski definition) is 3. The Kier molecular flexibility index (Phi) is 8.28. The second-order valence-electron chi connectivity index (χ2n) is 5.98. The maximum Gasteiger partial charge on any atom is 0.240 e. The highest BCUT2D eigenvalue weighted by Gasteiger charge is 2.10. The van der Waals surface area contributed by atoms with E-state index in [-0.39, 0.29) is 10.7 Å². The SMILES string of the molecule is CN=C(NCc1ccc(S(=O)(=O)NC)cc1)NCc1ccc(F)cc1CSC. The number of rotatable bonds is 8. The highest BCUT2D eigenvalue weighted by molar-refractivity contribution is 7.97. The van der Waals surface area contributed by atoms with Gasteiger partial charge in [-0.25, -0.2) is 17.5 Å². The third-order valence-electron chi connectivity index (χ3n) is 4.10. The molecule has 2 rings (SSSR count). The zero-order valence-electron chi connectivity index (χ0n) is 16.1. The molecule has 0 bridgehead atoms. The van der Waals surface area contributed by atoms with Crippen LogP contribution in [0, 0.1) is 5.82 Å². The molecule has 0 amide bonds. The topological polar surface area (TPSA) is 82.6 Å². The van der Waals surface area contributed by atoms with Gasteiger partial charge in [-0.05, 0) is 54.3 Å². The van der Waals surface area contributed by atoms with E-state index in [0.29, 0.717) is 19.0 Å². The van der Waals surface area contributed by atoms with Gasteiger partial charge >= 0.3 is 0 Å². The molecule has 3 N–H and O–H groups in total. The summed E-state index contributed by atoms with van der Waals surface area (Å²) in [4.78, 5) is 4.41. The Morgan fingerprint density at radius 1 is 1.07 bits per heavy atom. The van der Waals surface area contributed by atoms with Crippen LogP contribution in [0.1, 0.15) is 16.7 Å². The highest BCUT2D eigenvalue weighted by atomic mass is 32.2. The molecule has 0 spiro atoms. The van der Waals surface area contributed by atoms with E-state index in [2.05, 4.69) is 20.3 Å². The van der Waals surface area contributed by atoms with E-state index in [0.717, 1.165) is 22.4 Å². The summed E-state index contributed by atoms with van der Waals surface area (Å²) < 4.78 is 39.3. The predicted molar refractivity (Wildman–Crippen MR) is 113 cm³/mol. The first kappa shape index (κ1) is 22.2. The largest absolute Gasteiger partial charge is 0.352 e. The van der Waals surface area contributed by atoms with Crippen molar-refractivity contribution >= 4 is 27.7 Å². The van der Waals surface area contributed by atoms with Crippen LogP contribution in [0.3, 0.4) is 0 Å². The number of nitrogens with zero attached hydrogens (tertiary/aromatic N) is 1. The number of benzene rings is 2. The zero-order valence-corrected chi connectivity index (χ0v) is 17.8. The Balaban J connectivity index is 1.95. The van der Waals surface area contributed by atoms with Gasteiger partial charge in [-0.1, -0.05) is 18.2 Å². The van der Waals surface area contributed by atoms with Gasteiger partial charge in [0.1, 0.15) is 5.82 Å². The quantitative estimate of drug-likeness (QED) is 0.448. The van der Waals surface area contributed by atoms with Crippen molar-refractivity contribution in [2.24, 2.45) is 4.99 Å². The molecule has 6 nitrogen and oxygen atoms in total. The van der Waals surface area contributed by atoms with Crippen molar-refractivity contribution in [1.82, 2.24) is 15.4 Å². The lowest BCUT2D eigenvalue weighted by Crippen LogP contribution is -2.36. The van der Waals surface area contributed by atoms with Crippen LogP contribution < -0.4 is 15.4 Å². The van der Waals surface area contributed by atoms with E-state index in [1.807, 2.05) is 6.26 Å². The molecule has 0 aromatic heterocycles. The summed E-state index contributed by atoms with van der Waals surface area (Å²) in [5.41, 5.74) is 2.89. The maximum atomic E-state index is 13.5. The molecule has 0 atom stereocenters. The van der Waals surface area contributed by atoms with Crippen molar-refractivity contribution in [1.29, 1.82) is 0 Å². The fourth-order valence-electron chi connectivity index (χ4n) is 2.55. The number of sulfonamides is 1. The van der Waals surface area contributed by atoms with Crippen molar-refractivity contribution in [3.05, 3.63) is 65.0 Å². The Morgan fingerprint density at radius 2 is 1.75 bits per heavy atom. The molecule has 2 aromatic carbocycles. The van der Waals surface area contributed by atoms with Gasteiger partial charge in [0.05, 0.1) is 4.90 Å². The van der Waals surface area contributed by atoms with E-state index < -0.39 is 10.0 Å². The normalized spacial score (nSPS) is 12.1. The van der Waals surface area contributed by atoms with Crippen LogP contribution in [0.25, 0.3) is 0 Å². The summed E-state index contributed by atoms with van der Waals surface area (Å²) >= 11 is 1.64. The van der Waals surface area contributed by atoms with Crippen LogP contribution in [0.4, 0.5) is 4.39 Å². The molecule has 0 aliphatic heterocycles. The second kappa shape index (κ2) is 10.4. The molecule has 0 saturated carbocycles. The minimum absolute atomic E-state index is 0.221. The molecule has 0 fully saturated rings. The van der Waals surface area contributed by atoms with Crippen molar-refractivity contribution in [2.45, 2.75) is 23.7 Å². The summed E-state index contributed by atoms with van der Waals surface area (Å²) in [6.45, 7) is 1.01. The van der Waals surface area contributed by atoms with Gasteiger partial charge in [0, 0.05) is 25.9 Å². The lowest BCUT2D eigenvalue weighted by molar-refractivity contribution is 0.588. The third-order valence-corrected chi connectivity index (χ3v) is 6.13. The molecule has 0 heterocycles. The van der Waals surface area contributed by atoms with Gasteiger partial charge in [0.25, 0.3) is 0 Å². The summed E-state index contributed by atoms with van der Waals surface area (Å²) in [5, 5.41) is 6.41. The summed E-state index contributed by atoms with van der Waals surface area (Å²) in [7, 11) is -0.384. The molecule has 0 unspecified atom stereocenters. The Labute approximate surface area is 170 Å². The second-order valence-corrected chi connectivity index (χ2v) is 8.73. The van der Waals surface area contributed by atoms with Crippen molar-refractivity contribution in [2.75, 3.05) is 20.4 Å². The minimum Gasteiger partial charge on any atom is -0.352 e. The molecule has 0 radical (unpaired) electrons. The fourth-order valence-corrected chi connectivity index (χ4v) is 3.86. The maximum absolute atomic E-state index is 13.5. The standard InChI is InChI=1S/C19H25FN4O2S2/c1-21-19(24-12-15-6-7-17(20)10-16(15)13-27-3)23-11-14-4-8-18(9-5-14)28(25,26)22-2/h4-10,22H,11-13H2,1-3H3,(H2,21,23,24). The van der Waals surface area contributed by atoms with Crippen molar-refractivity contribution in [3.63, 3.8) is 0 Å². The van der Waals surface area contributed by atoms with E-state index in [9.17, 15) is 12.8 Å². The Bertz CT molecular complexity index is 916. The van der Waals surface area contributed by atoms with Gasteiger partial charge in [-0.3, -0.25) is 4.99 Å². The van der Waals surface area contributed by atoms with Crippen LogP contribution in [-0.4, -0.2) is 34.7 Å². The molecular formula is C19H25FN4O2S2. The van der Waals surface area contributed by atoms with Gasteiger partial charge in [0.2, 0.25) is 10.0 Å². The van der Waals surface area contributed by atoms with Crippen LogP contribution in [0.2, 0.25) is 0 Å². The molecule has 2 aromatic rings. The van der Waals surface area contributed by atoms with Gasteiger partial charge in [0.15, 0.2) is 5.96 Å². The average Bonchev–Trinajstić information content (AvgIpc) is 2.70. The highest BCUT2D eigenvalue weighted by Crippen LogP contribution is 2.16. The van der Waals surface area contributed by atoms with E-state index in [1.165, 1.54) is 13.1 Å². The van der Waals surface area contributed by atoms with Gasteiger partial charge < -0.3 is 10.6 Å². The number of aliphatic imine (C=N–C) groups is 1. The first-order chi connectivity index (χ1) is 13.4. The molecular weight excluding hydrogens is 399 g/mol. The number of hydrogen-bond acceptors (Lipinski definition) is 4. The smallest absolute Gasteiger partial charge is 0.240 e. The summed E-state index contributed by atoms with van der Waals surface area (Å²) in [6, 6.07) is 11.4. The molecule has 0 saturated heterocycles. The number of guanidine groups is 1. The van der Waals surface area contributed by atoms with E-state index in [1.54, 1.807) is 55.2 Å². The lowest BCUT2D eigenvalue weighted by atomic mass is 10.1. The van der Waals surface area contributed by atoms with Gasteiger partial charge in [-0.15, -0.1) is 0 Å². The van der Waals surface area contributed by atoms with Crippen LogP contribution >= 0.6 is 11.8 Å². The molecule has 0 aliphatic carbocycles. The van der Waals surface area contributed by atoms with Crippen molar-refractivity contribution < 1.29 is 12.8 Å². The molecule has 0 aliphatic rings. The van der Waals surface area contributed by atoms with Crippen LogP contribution in [0.5, 0.6) is 0 Å². The minimum atomic E-state index is -3.44. The average molecular weight is 425 g/mol. The number of thioether (sulfide) groups is 1. The summed E-state index contributed by atoms with van der Waals surface area (Å²) in [5.74, 6) is 1.10. The van der Waals surface area contributed by atoms with E-state index >= 15 is 0 Å². The van der Waals surface area contributed by atoms with Crippen LogP contribution in [0.15, 0.2) is 52.4 Å². The first-order valence-electron chi connectivity index (χ1n) is 8.63. The number of halogens is 1. The first-order valence-corrected chi connectivity index (χ1v) is 11.5. The van der Waals surface area contributed by atoms with Crippen LogP contribution in [-0.2, 0) is 28.9 Å². The van der Waals surface area contributed by atoms with Gasteiger partial charge in [-0.2, -0.15) is 11.8 Å². The predicted octanol–water partition coefficient (Wildman–Crippen LogP) is 2.46.